The second kappa shape index (κ2) is 11.9. The molecule has 2 N–H and O–H groups in total. The lowest BCUT2D eigenvalue weighted by molar-refractivity contribution is -0.122. The second-order valence-electron chi connectivity index (χ2n) is 6.42. The van der Waals surface area contributed by atoms with Gasteiger partial charge in [-0.1, -0.05) is 60.7 Å². The quantitative estimate of drug-likeness (QED) is 0.599. The predicted molar refractivity (Wildman–Crippen MR) is 106 cm³/mol. The summed E-state index contributed by atoms with van der Waals surface area (Å²) < 4.78 is 5.61. The molecule has 5 nitrogen and oxygen atoms in total. The highest BCUT2D eigenvalue weighted by atomic mass is 16.5. The van der Waals surface area contributed by atoms with Gasteiger partial charge in [-0.15, -0.1) is 0 Å². The largest absolute Gasteiger partial charge is 0.381 e. The van der Waals surface area contributed by atoms with Gasteiger partial charge in [0.15, 0.2) is 0 Å². The average Bonchev–Trinajstić information content (AvgIpc) is 2.68. The van der Waals surface area contributed by atoms with Crippen molar-refractivity contribution < 1.29 is 14.3 Å². The van der Waals surface area contributed by atoms with E-state index in [4.69, 9.17) is 4.74 Å². The van der Waals surface area contributed by atoms with Gasteiger partial charge in [-0.05, 0) is 24.0 Å². The van der Waals surface area contributed by atoms with Crippen LogP contribution in [-0.4, -0.2) is 31.6 Å². The first-order valence-corrected chi connectivity index (χ1v) is 9.35. The monoisotopic (exact) mass is 368 g/mol. The van der Waals surface area contributed by atoms with E-state index in [2.05, 4.69) is 22.8 Å². The zero-order valence-corrected chi connectivity index (χ0v) is 15.8. The summed E-state index contributed by atoms with van der Waals surface area (Å²) in [7, 11) is 0. The molecule has 27 heavy (non-hydrogen) atoms. The number of rotatable bonds is 11. The van der Waals surface area contributed by atoms with Gasteiger partial charge in [0.25, 0.3) is 0 Å². The van der Waals surface area contributed by atoms with Gasteiger partial charge in [-0.25, -0.2) is 0 Å². The number of hydrogen-bond donors (Lipinski definition) is 2. The molecule has 2 aromatic carbocycles. The Bertz CT molecular complexity index is 689. The van der Waals surface area contributed by atoms with E-state index in [-0.39, 0.29) is 24.3 Å². The van der Waals surface area contributed by atoms with Crippen LogP contribution in [0, 0.1) is 0 Å². The lowest BCUT2D eigenvalue weighted by atomic mass is 10.0. The van der Waals surface area contributed by atoms with Gasteiger partial charge in [0, 0.05) is 20.1 Å². The van der Waals surface area contributed by atoms with E-state index < -0.39 is 0 Å². The summed E-state index contributed by atoms with van der Waals surface area (Å²) in [6.07, 6.45) is 1.87. The zero-order valence-electron chi connectivity index (χ0n) is 15.8. The summed E-state index contributed by atoms with van der Waals surface area (Å²) in [5.41, 5.74) is 2.18. The van der Waals surface area contributed by atoms with E-state index in [0.717, 1.165) is 18.4 Å². The van der Waals surface area contributed by atoms with Crippen LogP contribution in [0.5, 0.6) is 0 Å². The maximum atomic E-state index is 12.2. The number of ether oxygens (including phenoxy) is 1. The van der Waals surface area contributed by atoms with Crippen LogP contribution in [0.15, 0.2) is 60.7 Å². The third-order valence-electron chi connectivity index (χ3n) is 4.13. The van der Waals surface area contributed by atoms with Crippen LogP contribution in [0.2, 0.25) is 0 Å². The van der Waals surface area contributed by atoms with Gasteiger partial charge >= 0.3 is 0 Å². The van der Waals surface area contributed by atoms with Crippen molar-refractivity contribution in [2.75, 3.05) is 19.8 Å². The normalized spacial score (nSPS) is 11.6. The van der Waals surface area contributed by atoms with Gasteiger partial charge in [0.2, 0.25) is 11.8 Å². The van der Waals surface area contributed by atoms with E-state index in [1.807, 2.05) is 48.5 Å². The summed E-state index contributed by atoms with van der Waals surface area (Å²) in [5, 5.41) is 5.73. The Labute approximate surface area is 161 Å². The number of hydrogen-bond acceptors (Lipinski definition) is 3. The number of amides is 2. The molecule has 1 unspecified atom stereocenters. The standard InChI is InChI=1S/C22H28N2O3/c1-18(25)24-21(20-11-6-3-7-12-20)17-22(26)23-14-8-15-27-16-13-19-9-4-2-5-10-19/h2-7,9-12,21H,8,13-17H2,1H3,(H,23,26)(H,24,25). The Hall–Kier alpha value is -2.66. The van der Waals surface area contributed by atoms with Crippen molar-refractivity contribution in [3.8, 4) is 0 Å². The van der Waals surface area contributed by atoms with Crippen LogP contribution in [-0.2, 0) is 20.7 Å². The molecule has 0 aliphatic rings. The minimum atomic E-state index is -0.314. The van der Waals surface area contributed by atoms with E-state index in [1.54, 1.807) is 0 Å². The minimum absolute atomic E-state index is 0.0816. The molecule has 0 bridgehead atoms. The molecule has 0 spiro atoms. The molecule has 2 amide bonds. The Balaban J connectivity index is 1.62. The Kier molecular flexibility index (Phi) is 9.07. The highest BCUT2D eigenvalue weighted by Gasteiger charge is 2.16. The Morgan fingerprint density at radius 2 is 1.63 bits per heavy atom. The topological polar surface area (TPSA) is 67.4 Å². The third kappa shape index (κ3) is 8.51. The predicted octanol–water partition coefficient (Wildman–Crippen LogP) is 3.02. The van der Waals surface area contributed by atoms with Crippen molar-refractivity contribution in [3.05, 3.63) is 71.8 Å². The fourth-order valence-corrected chi connectivity index (χ4v) is 2.78. The Morgan fingerprint density at radius 1 is 0.963 bits per heavy atom. The average molecular weight is 368 g/mol. The Morgan fingerprint density at radius 3 is 2.30 bits per heavy atom. The molecule has 0 saturated carbocycles. The fraction of sp³-hybridized carbons (Fsp3) is 0.364. The van der Waals surface area contributed by atoms with Gasteiger partial charge in [-0.2, -0.15) is 0 Å². The van der Waals surface area contributed by atoms with Crippen molar-refractivity contribution in [3.63, 3.8) is 0 Å². The number of nitrogens with one attached hydrogen (secondary N) is 2. The SMILES string of the molecule is CC(=O)NC(CC(=O)NCCCOCCc1ccccc1)c1ccccc1. The van der Waals surface area contributed by atoms with E-state index >= 15 is 0 Å². The van der Waals surface area contributed by atoms with Crippen LogP contribution >= 0.6 is 0 Å². The molecule has 0 aliphatic carbocycles. The summed E-state index contributed by atoms with van der Waals surface area (Å²) >= 11 is 0. The number of carbonyl (C=O) groups excluding carboxylic acids is 2. The molecule has 5 heteroatoms. The molecule has 0 saturated heterocycles. The maximum absolute atomic E-state index is 12.2. The van der Waals surface area contributed by atoms with Crippen LogP contribution in [0.1, 0.15) is 36.9 Å². The lowest BCUT2D eigenvalue weighted by Gasteiger charge is -2.18. The van der Waals surface area contributed by atoms with Gasteiger partial charge in [0.05, 0.1) is 19.1 Å². The van der Waals surface area contributed by atoms with Gasteiger partial charge in [-0.3, -0.25) is 9.59 Å². The molecule has 144 valence electrons. The summed E-state index contributed by atoms with van der Waals surface area (Å²) in [4.78, 5) is 23.6. The highest BCUT2D eigenvalue weighted by molar-refractivity contribution is 5.79. The van der Waals surface area contributed by atoms with Crippen LogP contribution in [0.25, 0.3) is 0 Å². The number of benzene rings is 2. The van der Waals surface area contributed by atoms with E-state index in [9.17, 15) is 9.59 Å². The molecule has 2 rings (SSSR count). The fourth-order valence-electron chi connectivity index (χ4n) is 2.78. The highest BCUT2D eigenvalue weighted by Crippen LogP contribution is 2.16. The van der Waals surface area contributed by atoms with Crippen molar-refractivity contribution >= 4 is 11.8 Å². The summed E-state index contributed by atoms with van der Waals surface area (Å²) in [5.74, 6) is -0.231. The molecule has 0 fully saturated rings. The molecule has 0 heterocycles. The van der Waals surface area contributed by atoms with Crippen molar-refractivity contribution in [2.24, 2.45) is 0 Å². The summed E-state index contributed by atoms with van der Waals surface area (Å²) in [6.45, 7) is 3.31. The van der Waals surface area contributed by atoms with Crippen LogP contribution in [0.4, 0.5) is 0 Å². The first kappa shape index (κ1) is 20.6. The van der Waals surface area contributed by atoms with Crippen LogP contribution in [0.3, 0.4) is 0 Å². The van der Waals surface area contributed by atoms with E-state index in [0.29, 0.717) is 19.8 Å². The van der Waals surface area contributed by atoms with Gasteiger partial charge in [0.1, 0.15) is 0 Å². The number of carbonyl (C=O) groups is 2. The maximum Gasteiger partial charge on any atom is 0.222 e. The van der Waals surface area contributed by atoms with Gasteiger partial charge < -0.3 is 15.4 Å². The molecule has 1 atom stereocenters. The van der Waals surface area contributed by atoms with Crippen molar-refractivity contribution in [1.29, 1.82) is 0 Å². The first-order chi connectivity index (χ1) is 13.1. The molecule has 0 radical (unpaired) electrons. The van der Waals surface area contributed by atoms with Crippen LogP contribution < -0.4 is 10.6 Å². The molecule has 2 aromatic rings. The minimum Gasteiger partial charge on any atom is -0.381 e. The zero-order chi connectivity index (χ0) is 19.3. The lowest BCUT2D eigenvalue weighted by Crippen LogP contribution is -2.33. The second-order valence-corrected chi connectivity index (χ2v) is 6.42. The van der Waals surface area contributed by atoms with Crippen molar-refractivity contribution in [2.45, 2.75) is 32.2 Å². The smallest absolute Gasteiger partial charge is 0.222 e. The van der Waals surface area contributed by atoms with E-state index in [1.165, 1.54) is 12.5 Å². The summed E-state index contributed by atoms with van der Waals surface area (Å²) in [6, 6.07) is 19.4. The molecular formula is C22H28N2O3. The van der Waals surface area contributed by atoms with Crippen molar-refractivity contribution in [1.82, 2.24) is 10.6 Å². The molecular weight excluding hydrogens is 340 g/mol. The molecule has 0 aliphatic heterocycles. The molecule has 0 aromatic heterocycles. The first-order valence-electron chi connectivity index (χ1n) is 9.35. The third-order valence-corrected chi connectivity index (χ3v) is 4.13.